The summed E-state index contributed by atoms with van der Waals surface area (Å²) in [5, 5.41) is 20.3. The summed E-state index contributed by atoms with van der Waals surface area (Å²) in [5.41, 5.74) is 1.59. The van der Waals surface area contributed by atoms with Gasteiger partial charge in [0.05, 0.1) is 22.1 Å². The number of nitrogens with zero attached hydrogens (tertiary/aromatic N) is 3. The van der Waals surface area contributed by atoms with E-state index in [0.717, 1.165) is 22.6 Å². The van der Waals surface area contributed by atoms with Crippen LogP contribution < -0.4 is 9.64 Å². The van der Waals surface area contributed by atoms with Gasteiger partial charge in [-0.2, -0.15) is 5.26 Å². The number of nitriles is 1. The van der Waals surface area contributed by atoms with Crippen molar-refractivity contribution in [3.05, 3.63) is 69.8 Å². The molecule has 0 fully saturated rings. The Morgan fingerprint density at radius 3 is 2.79 bits per heavy atom. The number of anilines is 1. The Morgan fingerprint density at radius 1 is 1.25 bits per heavy atom. The summed E-state index contributed by atoms with van der Waals surface area (Å²) < 4.78 is 6.61. The minimum atomic E-state index is -0.811. The molecule has 0 amide bonds. The molecule has 0 radical (unpaired) electrons. The van der Waals surface area contributed by atoms with Gasteiger partial charge in [0.25, 0.3) is 5.69 Å². The Kier molecular flexibility index (Phi) is 4.11. The minimum Gasteiger partial charge on any atom is -0.463 e. The summed E-state index contributed by atoms with van der Waals surface area (Å²) >= 11 is 0. The molecule has 0 aliphatic carbocycles. The summed E-state index contributed by atoms with van der Waals surface area (Å²) in [4.78, 5) is 13.1. The first kappa shape index (κ1) is 18.1. The molecule has 1 atom stereocenters. The van der Waals surface area contributed by atoms with Crippen LogP contribution >= 0.6 is 0 Å². The number of fused-ring (bicyclic) bond motifs is 2. The Morgan fingerprint density at radius 2 is 2.04 bits per heavy atom. The molecule has 2 aliphatic heterocycles. The van der Waals surface area contributed by atoms with Crippen LogP contribution in [0.15, 0.2) is 48.5 Å². The molecule has 0 bridgehead atoms. The molecule has 2 aromatic rings. The second-order valence-electron chi connectivity index (χ2n) is 7.67. The third-order valence-electron chi connectivity index (χ3n) is 5.80. The molecular weight excluding hydrogens is 354 g/mol. The molecular formula is C22H21N3O3. The zero-order valence-corrected chi connectivity index (χ0v) is 15.9. The fraction of sp³-hybridized carbons (Fsp3) is 0.318. The van der Waals surface area contributed by atoms with E-state index in [4.69, 9.17) is 10.00 Å². The van der Waals surface area contributed by atoms with E-state index in [1.807, 2.05) is 36.4 Å². The Balaban J connectivity index is 1.87. The van der Waals surface area contributed by atoms with E-state index in [2.05, 4.69) is 30.9 Å². The van der Waals surface area contributed by atoms with Crippen molar-refractivity contribution in [2.24, 2.45) is 0 Å². The number of rotatable bonds is 4. The third kappa shape index (κ3) is 2.47. The highest BCUT2D eigenvalue weighted by molar-refractivity contribution is 5.74. The zero-order chi connectivity index (χ0) is 19.9. The normalized spacial score (nSPS) is 21.0. The van der Waals surface area contributed by atoms with Gasteiger partial charge >= 0.3 is 0 Å². The van der Waals surface area contributed by atoms with Gasteiger partial charge in [-0.3, -0.25) is 10.1 Å². The number of hydrogen-bond acceptors (Lipinski definition) is 5. The molecule has 28 heavy (non-hydrogen) atoms. The van der Waals surface area contributed by atoms with Crippen LogP contribution in [0, 0.1) is 21.4 Å². The maximum atomic E-state index is 11.4. The largest absolute Gasteiger partial charge is 0.463 e. The molecule has 6 heteroatoms. The van der Waals surface area contributed by atoms with Crippen molar-refractivity contribution in [3.8, 4) is 11.8 Å². The molecule has 0 saturated heterocycles. The number of nitro groups is 1. The van der Waals surface area contributed by atoms with Crippen molar-refractivity contribution < 1.29 is 9.66 Å². The number of non-ortho nitro benzene ring substituents is 1. The van der Waals surface area contributed by atoms with Crippen LogP contribution in [0.25, 0.3) is 6.08 Å². The first-order valence-electron chi connectivity index (χ1n) is 9.31. The standard InChI is InChI=1S/C22H21N3O3/c1-21(2)18-10-9-17(25(26)27)15-19(18)24(14-6-5-13-23)22(21)12-11-16-7-3-4-8-20(16)28-22/h3-4,7-12,15H,5-6,14H2,1-2H3. The van der Waals surface area contributed by atoms with Crippen molar-refractivity contribution in [3.63, 3.8) is 0 Å². The highest BCUT2D eigenvalue weighted by Crippen LogP contribution is 2.55. The molecule has 4 rings (SSSR count). The van der Waals surface area contributed by atoms with Gasteiger partial charge in [-0.05, 0) is 50.1 Å². The van der Waals surface area contributed by atoms with Crippen LogP contribution in [-0.2, 0) is 5.41 Å². The highest BCUT2D eigenvalue weighted by Gasteiger charge is 2.58. The van der Waals surface area contributed by atoms with E-state index < -0.39 is 11.1 Å². The van der Waals surface area contributed by atoms with Gasteiger partial charge in [0.15, 0.2) is 0 Å². The fourth-order valence-electron chi connectivity index (χ4n) is 4.29. The van der Waals surface area contributed by atoms with E-state index in [1.54, 1.807) is 12.1 Å². The smallest absolute Gasteiger partial charge is 0.271 e. The van der Waals surface area contributed by atoms with E-state index in [0.29, 0.717) is 19.4 Å². The first-order valence-corrected chi connectivity index (χ1v) is 9.31. The van der Waals surface area contributed by atoms with Gasteiger partial charge in [-0.25, -0.2) is 0 Å². The van der Waals surface area contributed by atoms with Crippen molar-refractivity contribution in [1.82, 2.24) is 0 Å². The molecule has 2 aliphatic rings. The van der Waals surface area contributed by atoms with Crippen LogP contribution in [0.1, 0.15) is 37.8 Å². The molecule has 1 spiro atoms. The molecule has 0 aromatic heterocycles. The van der Waals surface area contributed by atoms with Crippen LogP contribution in [0.4, 0.5) is 11.4 Å². The Hall–Kier alpha value is -3.33. The van der Waals surface area contributed by atoms with Gasteiger partial charge in [-0.15, -0.1) is 0 Å². The predicted molar refractivity (Wildman–Crippen MR) is 107 cm³/mol. The molecule has 6 nitrogen and oxygen atoms in total. The molecule has 2 heterocycles. The summed E-state index contributed by atoms with van der Waals surface area (Å²) in [6.07, 6.45) is 5.17. The van der Waals surface area contributed by atoms with Gasteiger partial charge < -0.3 is 9.64 Å². The van der Waals surface area contributed by atoms with Crippen LogP contribution in [0.3, 0.4) is 0 Å². The van der Waals surface area contributed by atoms with Crippen LogP contribution in [-0.4, -0.2) is 17.2 Å². The van der Waals surface area contributed by atoms with E-state index in [9.17, 15) is 10.1 Å². The Bertz CT molecular complexity index is 1020. The van der Waals surface area contributed by atoms with Gasteiger partial charge in [0.2, 0.25) is 5.72 Å². The average molecular weight is 375 g/mol. The second-order valence-corrected chi connectivity index (χ2v) is 7.67. The minimum absolute atomic E-state index is 0.0528. The lowest BCUT2D eigenvalue weighted by Gasteiger charge is -2.47. The average Bonchev–Trinajstić information content (AvgIpc) is 2.86. The maximum absolute atomic E-state index is 11.4. The lowest BCUT2D eigenvalue weighted by molar-refractivity contribution is -0.384. The first-order chi connectivity index (χ1) is 13.4. The number of nitro benzene ring substituents is 1. The molecule has 142 valence electrons. The van der Waals surface area contributed by atoms with Crippen LogP contribution in [0.2, 0.25) is 0 Å². The predicted octanol–water partition coefficient (Wildman–Crippen LogP) is 4.80. The Labute approximate surface area is 163 Å². The summed E-state index contributed by atoms with van der Waals surface area (Å²) in [7, 11) is 0. The fourth-order valence-corrected chi connectivity index (χ4v) is 4.29. The van der Waals surface area contributed by atoms with Gasteiger partial charge in [-0.1, -0.05) is 18.2 Å². The number of benzene rings is 2. The van der Waals surface area contributed by atoms with Gasteiger partial charge in [0, 0.05) is 30.7 Å². The molecule has 1 unspecified atom stereocenters. The van der Waals surface area contributed by atoms with Gasteiger partial charge in [0.1, 0.15) is 5.75 Å². The number of ether oxygens (including phenoxy) is 1. The third-order valence-corrected chi connectivity index (χ3v) is 5.80. The molecule has 2 aromatic carbocycles. The second kappa shape index (κ2) is 6.38. The maximum Gasteiger partial charge on any atom is 0.271 e. The SMILES string of the molecule is CC1(C)c2ccc([N+](=O)[O-])cc2N(CCCC#N)C12C=Cc1ccccc1O2. The summed E-state index contributed by atoms with van der Waals surface area (Å²) in [6, 6.07) is 15.0. The lowest BCUT2D eigenvalue weighted by Crippen LogP contribution is -2.59. The van der Waals surface area contributed by atoms with E-state index in [1.165, 1.54) is 0 Å². The van der Waals surface area contributed by atoms with Crippen molar-refractivity contribution in [2.45, 2.75) is 37.8 Å². The molecule has 0 N–H and O–H groups in total. The quantitative estimate of drug-likeness (QED) is 0.436. The van der Waals surface area contributed by atoms with Crippen molar-refractivity contribution in [1.29, 1.82) is 5.26 Å². The number of para-hydroxylation sites is 1. The zero-order valence-electron chi connectivity index (χ0n) is 15.9. The number of hydrogen-bond donors (Lipinski definition) is 0. The van der Waals surface area contributed by atoms with Crippen molar-refractivity contribution >= 4 is 17.5 Å². The highest BCUT2D eigenvalue weighted by atomic mass is 16.6. The lowest BCUT2D eigenvalue weighted by atomic mass is 9.76. The summed E-state index contributed by atoms with van der Waals surface area (Å²) in [5.74, 6) is 0.783. The van der Waals surface area contributed by atoms with E-state index >= 15 is 0 Å². The van der Waals surface area contributed by atoms with E-state index in [-0.39, 0.29) is 10.6 Å². The van der Waals surface area contributed by atoms with Crippen molar-refractivity contribution in [2.75, 3.05) is 11.4 Å². The monoisotopic (exact) mass is 375 g/mol. The summed E-state index contributed by atoms with van der Waals surface area (Å²) in [6.45, 7) is 4.76. The topological polar surface area (TPSA) is 79.4 Å². The van der Waals surface area contributed by atoms with Crippen LogP contribution in [0.5, 0.6) is 5.75 Å². The number of unbranched alkanes of at least 4 members (excludes halogenated alkanes) is 1. The molecule has 0 saturated carbocycles.